The number of rotatable bonds is 9. The predicted molar refractivity (Wildman–Crippen MR) is 123 cm³/mol. The van der Waals surface area contributed by atoms with E-state index in [9.17, 15) is 9.36 Å². The molecule has 154 valence electrons. The van der Waals surface area contributed by atoms with E-state index in [-0.39, 0.29) is 14.2 Å². The van der Waals surface area contributed by atoms with Crippen LogP contribution in [0.1, 0.15) is 53.2 Å². The molecule has 3 aromatic rings. The van der Waals surface area contributed by atoms with Crippen LogP contribution < -0.4 is 10.0 Å². The minimum Gasteiger partial charge on any atom is -0.494 e. The second kappa shape index (κ2) is 10.3. The average Bonchev–Trinajstić information content (AvgIpc) is 2.76. The van der Waals surface area contributed by atoms with E-state index in [0.717, 1.165) is 41.7 Å². The average molecular weight is 418 g/mol. The minimum absolute atomic E-state index is 0.0500. The van der Waals surface area contributed by atoms with Crippen molar-refractivity contribution in [1.29, 1.82) is 0 Å². The summed E-state index contributed by atoms with van der Waals surface area (Å²) in [5.74, 6) is 0.751. The highest BCUT2D eigenvalue weighted by molar-refractivity contribution is 7.34. The fourth-order valence-corrected chi connectivity index (χ4v) is 4.16. The molecule has 0 unspecified atom stereocenters. The van der Waals surface area contributed by atoms with E-state index in [1.54, 1.807) is 12.1 Å². The quantitative estimate of drug-likeness (QED) is 0.221. The Hall–Kier alpha value is -2.77. The van der Waals surface area contributed by atoms with Crippen LogP contribution in [0.5, 0.6) is 5.75 Å². The van der Waals surface area contributed by atoms with E-state index >= 15 is 0 Å². The van der Waals surface area contributed by atoms with Crippen LogP contribution in [-0.4, -0.2) is 12.4 Å². The first-order chi connectivity index (χ1) is 14.6. The number of hydrogen-bond donors (Lipinski definition) is 0. The highest BCUT2D eigenvalue weighted by atomic mass is 31.1. The third kappa shape index (κ3) is 4.86. The SMILES string of the molecule is CCCCCOc1ccc(-c2c(P=O)cccc2C(=O)c2c(C)cccc2C)cc1. The number of ketones is 1. The molecule has 0 aliphatic heterocycles. The highest BCUT2D eigenvalue weighted by Crippen LogP contribution is 2.30. The van der Waals surface area contributed by atoms with Gasteiger partial charge in [-0.25, -0.2) is 0 Å². The molecule has 4 heteroatoms. The Morgan fingerprint density at radius 1 is 0.900 bits per heavy atom. The minimum atomic E-state index is -0.113. The van der Waals surface area contributed by atoms with Gasteiger partial charge in [-0.05, 0) is 55.2 Å². The lowest BCUT2D eigenvalue weighted by Gasteiger charge is -2.14. The maximum Gasteiger partial charge on any atom is 0.194 e. The molecule has 0 atom stereocenters. The van der Waals surface area contributed by atoms with Crippen LogP contribution in [0.3, 0.4) is 0 Å². The first-order valence-electron chi connectivity index (χ1n) is 10.4. The summed E-state index contributed by atoms with van der Waals surface area (Å²) in [5, 5.41) is 0.601. The number of carbonyl (C=O) groups excluding carboxylic acids is 1. The molecule has 0 spiro atoms. The standard InChI is InChI=1S/C26H27O3P/c1-4-5-6-17-29-21-15-13-20(14-16-21)25-22(11-8-12-23(25)30-28)26(27)24-18(2)9-7-10-19(24)3/h7-16H,4-6,17H2,1-3H3. The van der Waals surface area contributed by atoms with Gasteiger partial charge in [0.15, 0.2) is 14.2 Å². The molecule has 0 aliphatic carbocycles. The normalized spacial score (nSPS) is 10.9. The largest absolute Gasteiger partial charge is 0.494 e. The Bertz CT molecular complexity index is 1020. The van der Waals surface area contributed by atoms with E-state index in [2.05, 4.69) is 6.92 Å². The first kappa shape index (κ1) is 21.9. The van der Waals surface area contributed by atoms with Gasteiger partial charge in [-0.1, -0.05) is 62.2 Å². The van der Waals surface area contributed by atoms with Crippen LogP contribution in [-0.2, 0) is 4.57 Å². The molecule has 0 N–H and O–H groups in total. The van der Waals surface area contributed by atoms with Crippen molar-refractivity contribution >= 4 is 19.5 Å². The third-order valence-electron chi connectivity index (χ3n) is 5.25. The summed E-state index contributed by atoms with van der Waals surface area (Å²) in [7, 11) is -0.113. The summed E-state index contributed by atoms with van der Waals surface area (Å²) in [6.07, 6.45) is 3.34. The molecule has 0 fully saturated rings. The molecule has 0 saturated heterocycles. The maximum atomic E-state index is 13.5. The summed E-state index contributed by atoms with van der Waals surface area (Å²) >= 11 is 0. The topological polar surface area (TPSA) is 43.4 Å². The molecule has 0 saturated carbocycles. The lowest BCUT2D eigenvalue weighted by Crippen LogP contribution is -2.12. The molecular formula is C26H27O3P. The van der Waals surface area contributed by atoms with Crippen LogP contribution in [0.15, 0.2) is 60.7 Å². The molecule has 3 aromatic carbocycles. The van der Waals surface area contributed by atoms with Gasteiger partial charge in [-0.3, -0.25) is 9.36 Å². The Balaban J connectivity index is 1.99. The van der Waals surface area contributed by atoms with Crippen LogP contribution in [0, 0.1) is 13.8 Å². The van der Waals surface area contributed by atoms with Gasteiger partial charge in [-0.15, -0.1) is 0 Å². The number of aryl methyl sites for hydroxylation is 2. The van der Waals surface area contributed by atoms with Gasteiger partial charge in [0.1, 0.15) is 5.75 Å². The smallest absolute Gasteiger partial charge is 0.194 e. The Morgan fingerprint density at radius 3 is 2.20 bits per heavy atom. The highest BCUT2D eigenvalue weighted by Gasteiger charge is 2.21. The van der Waals surface area contributed by atoms with E-state index in [4.69, 9.17) is 4.74 Å². The predicted octanol–water partition coefficient (Wildman–Crippen LogP) is 6.69. The molecule has 0 heterocycles. The summed E-state index contributed by atoms with van der Waals surface area (Å²) < 4.78 is 17.7. The van der Waals surface area contributed by atoms with Crippen molar-refractivity contribution < 1.29 is 14.1 Å². The second-order valence-electron chi connectivity index (χ2n) is 7.47. The fourth-order valence-electron chi connectivity index (χ4n) is 3.68. The molecule has 3 nitrogen and oxygen atoms in total. The van der Waals surface area contributed by atoms with E-state index in [1.807, 2.05) is 62.4 Å². The monoisotopic (exact) mass is 418 g/mol. The first-order valence-corrected chi connectivity index (χ1v) is 11.2. The van der Waals surface area contributed by atoms with Crippen LogP contribution in [0.4, 0.5) is 0 Å². The van der Waals surface area contributed by atoms with Crippen molar-refractivity contribution in [2.45, 2.75) is 40.0 Å². The fraction of sp³-hybridized carbons (Fsp3) is 0.269. The van der Waals surface area contributed by atoms with Crippen molar-refractivity contribution in [3.05, 3.63) is 82.9 Å². The van der Waals surface area contributed by atoms with Crippen molar-refractivity contribution in [3.63, 3.8) is 0 Å². The van der Waals surface area contributed by atoms with Gasteiger partial charge in [0.2, 0.25) is 0 Å². The summed E-state index contributed by atoms with van der Waals surface area (Å²) in [6, 6.07) is 18.9. The molecule has 0 radical (unpaired) electrons. The zero-order valence-corrected chi connectivity index (χ0v) is 18.7. The van der Waals surface area contributed by atoms with Crippen LogP contribution in [0.2, 0.25) is 0 Å². The van der Waals surface area contributed by atoms with Gasteiger partial charge >= 0.3 is 0 Å². The second-order valence-corrected chi connectivity index (χ2v) is 8.13. The Morgan fingerprint density at radius 2 is 1.57 bits per heavy atom. The van der Waals surface area contributed by atoms with Crippen LogP contribution in [0.25, 0.3) is 11.1 Å². The summed E-state index contributed by atoms with van der Waals surface area (Å²) in [4.78, 5) is 13.5. The number of hydrogen-bond acceptors (Lipinski definition) is 3. The molecule has 0 bridgehead atoms. The molecular weight excluding hydrogens is 391 g/mol. The van der Waals surface area contributed by atoms with E-state index in [0.29, 0.717) is 28.6 Å². The molecule has 3 rings (SSSR count). The molecule has 0 aromatic heterocycles. The zero-order chi connectivity index (χ0) is 21.5. The number of ether oxygens (including phenoxy) is 1. The number of carbonyl (C=O) groups is 1. The summed E-state index contributed by atoms with van der Waals surface area (Å²) in [6.45, 7) is 6.75. The van der Waals surface area contributed by atoms with Crippen molar-refractivity contribution in [2.75, 3.05) is 6.61 Å². The van der Waals surface area contributed by atoms with Crippen molar-refractivity contribution in [3.8, 4) is 16.9 Å². The van der Waals surface area contributed by atoms with Gasteiger partial charge in [-0.2, -0.15) is 0 Å². The zero-order valence-electron chi connectivity index (χ0n) is 17.8. The number of unbranched alkanes of at least 4 members (excludes halogenated alkanes) is 2. The van der Waals surface area contributed by atoms with Gasteiger partial charge in [0.05, 0.1) is 11.9 Å². The van der Waals surface area contributed by atoms with E-state index < -0.39 is 0 Å². The van der Waals surface area contributed by atoms with Gasteiger partial charge < -0.3 is 4.74 Å². The van der Waals surface area contributed by atoms with E-state index in [1.165, 1.54) is 0 Å². The lowest BCUT2D eigenvalue weighted by atomic mass is 9.90. The third-order valence-corrected chi connectivity index (χ3v) is 5.82. The van der Waals surface area contributed by atoms with Crippen molar-refractivity contribution in [1.82, 2.24) is 0 Å². The van der Waals surface area contributed by atoms with Crippen LogP contribution >= 0.6 is 8.46 Å². The maximum absolute atomic E-state index is 13.5. The lowest BCUT2D eigenvalue weighted by molar-refractivity contribution is 0.103. The Kier molecular flexibility index (Phi) is 7.54. The van der Waals surface area contributed by atoms with Gasteiger partial charge in [0.25, 0.3) is 0 Å². The summed E-state index contributed by atoms with van der Waals surface area (Å²) in [5.41, 5.74) is 4.70. The number of benzene rings is 3. The Labute approximate surface area is 180 Å². The van der Waals surface area contributed by atoms with Gasteiger partial charge in [0, 0.05) is 16.7 Å². The molecule has 0 aliphatic rings. The molecule has 30 heavy (non-hydrogen) atoms. The van der Waals surface area contributed by atoms with Crippen molar-refractivity contribution in [2.24, 2.45) is 0 Å². The molecule has 0 amide bonds.